The SMILES string of the molecule is CC1CCN(C(=O)c2ccc(-c3nc4ccccc4o3)cc2)CC1. The lowest BCUT2D eigenvalue weighted by Gasteiger charge is -2.30. The van der Waals surface area contributed by atoms with Crippen LogP contribution in [0.25, 0.3) is 22.6 Å². The number of likely N-dealkylation sites (tertiary alicyclic amines) is 1. The fourth-order valence-corrected chi connectivity index (χ4v) is 3.15. The van der Waals surface area contributed by atoms with Crippen LogP contribution in [0.2, 0.25) is 0 Å². The number of para-hydroxylation sites is 2. The Labute approximate surface area is 141 Å². The molecule has 0 N–H and O–H groups in total. The van der Waals surface area contributed by atoms with Crippen LogP contribution in [-0.2, 0) is 0 Å². The van der Waals surface area contributed by atoms with Crippen molar-refractivity contribution >= 4 is 17.0 Å². The molecule has 122 valence electrons. The van der Waals surface area contributed by atoms with Crippen LogP contribution in [0.5, 0.6) is 0 Å². The highest BCUT2D eigenvalue weighted by Crippen LogP contribution is 2.25. The van der Waals surface area contributed by atoms with Crippen LogP contribution in [0.1, 0.15) is 30.1 Å². The maximum absolute atomic E-state index is 12.6. The molecule has 0 aliphatic carbocycles. The number of fused-ring (bicyclic) bond motifs is 1. The lowest BCUT2D eigenvalue weighted by Crippen LogP contribution is -2.37. The number of carbonyl (C=O) groups excluding carboxylic acids is 1. The summed E-state index contributed by atoms with van der Waals surface area (Å²) in [4.78, 5) is 19.0. The topological polar surface area (TPSA) is 46.3 Å². The van der Waals surface area contributed by atoms with E-state index in [9.17, 15) is 4.79 Å². The molecule has 24 heavy (non-hydrogen) atoms. The smallest absolute Gasteiger partial charge is 0.253 e. The van der Waals surface area contributed by atoms with Gasteiger partial charge < -0.3 is 9.32 Å². The highest BCUT2D eigenvalue weighted by molar-refractivity contribution is 5.94. The molecule has 0 bridgehead atoms. The highest BCUT2D eigenvalue weighted by Gasteiger charge is 2.21. The zero-order valence-corrected chi connectivity index (χ0v) is 13.7. The molecule has 2 aromatic carbocycles. The van der Waals surface area contributed by atoms with Crippen LogP contribution in [0, 0.1) is 5.92 Å². The molecule has 1 aromatic heterocycles. The Morgan fingerprint density at radius 3 is 2.50 bits per heavy atom. The second kappa shape index (κ2) is 6.11. The van der Waals surface area contributed by atoms with Crippen molar-refractivity contribution in [3.63, 3.8) is 0 Å². The minimum atomic E-state index is 0.117. The van der Waals surface area contributed by atoms with Crippen molar-refractivity contribution < 1.29 is 9.21 Å². The van der Waals surface area contributed by atoms with E-state index in [4.69, 9.17) is 4.42 Å². The quantitative estimate of drug-likeness (QED) is 0.704. The molecule has 1 fully saturated rings. The van der Waals surface area contributed by atoms with E-state index >= 15 is 0 Å². The normalized spacial score (nSPS) is 15.8. The largest absolute Gasteiger partial charge is 0.436 e. The van der Waals surface area contributed by atoms with E-state index in [1.807, 2.05) is 53.4 Å². The third-order valence-corrected chi connectivity index (χ3v) is 4.74. The first-order valence-corrected chi connectivity index (χ1v) is 8.46. The first kappa shape index (κ1) is 14.9. The Hall–Kier alpha value is -2.62. The van der Waals surface area contributed by atoms with Gasteiger partial charge in [-0.2, -0.15) is 0 Å². The maximum atomic E-state index is 12.6. The first-order valence-electron chi connectivity index (χ1n) is 8.46. The van der Waals surface area contributed by atoms with Crippen LogP contribution in [0.3, 0.4) is 0 Å². The Morgan fingerprint density at radius 1 is 1.08 bits per heavy atom. The van der Waals surface area contributed by atoms with E-state index in [0.29, 0.717) is 5.89 Å². The van der Waals surface area contributed by atoms with Crippen LogP contribution >= 0.6 is 0 Å². The molecule has 4 nitrogen and oxygen atoms in total. The average Bonchev–Trinajstić information content (AvgIpc) is 3.06. The van der Waals surface area contributed by atoms with E-state index in [0.717, 1.165) is 54.1 Å². The molecule has 4 rings (SSSR count). The number of carbonyl (C=O) groups is 1. The second-order valence-corrected chi connectivity index (χ2v) is 6.54. The highest BCUT2D eigenvalue weighted by atomic mass is 16.3. The van der Waals surface area contributed by atoms with Gasteiger partial charge in [0.1, 0.15) is 5.52 Å². The molecule has 0 radical (unpaired) electrons. The number of aromatic nitrogens is 1. The van der Waals surface area contributed by atoms with Crippen molar-refractivity contribution in [2.75, 3.05) is 13.1 Å². The minimum absolute atomic E-state index is 0.117. The Balaban J connectivity index is 1.55. The van der Waals surface area contributed by atoms with Crippen LogP contribution < -0.4 is 0 Å². The van der Waals surface area contributed by atoms with E-state index in [-0.39, 0.29) is 5.91 Å². The van der Waals surface area contributed by atoms with Gasteiger partial charge in [-0.05, 0) is 55.2 Å². The van der Waals surface area contributed by atoms with Crippen molar-refractivity contribution in [3.05, 3.63) is 54.1 Å². The predicted molar refractivity (Wildman–Crippen MR) is 93.7 cm³/mol. The average molecular weight is 320 g/mol. The molecular weight excluding hydrogens is 300 g/mol. The minimum Gasteiger partial charge on any atom is -0.436 e. The fraction of sp³-hybridized carbons (Fsp3) is 0.300. The zero-order chi connectivity index (χ0) is 16.5. The van der Waals surface area contributed by atoms with E-state index in [1.165, 1.54) is 0 Å². The first-order chi connectivity index (χ1) is 11.7. The molecule has 1 saturated heterocycles. The standard InChI is InChI=1S/C20H20N2O2/c1-14-10-12-22(13-11-14)20(23)16-8-6-15(7-9-16)19-21-17-4-2-3-5-18(17)24-19/h2-9,14H,10-13H2,1H3. The predicted octanol–water partition coefficient (Wildman–Crippen LogP) is 4.37. The summed E-state index contributed by atoms with van der Waals surface area (Å²) in [5.41, 5.74) is 3.23. The number of benzene rings is 2. The molecule has 4 heteroatoms. The number of nitrogens with zero attached hydrogens (tertiary/aromatic N) is 2. The van der Waals surface area contributed by atoms with E-state index < -0.39 is 0 Å². The van der Waals surface area contributed by atoms with Gasteiger partial charge in [0.05, 0.1) is 0 Å². The summed E-state index contributed by atoms with van der Waals surface area (Å²) >= 11 is 0. The molecule has 0 saturated carbocycles. The van der Waals surface area contributed by atoms with Crippen molar-refractivity contribution in [2.24, 2.45) is 5.92 Å². The summed E-state index contributed by atoms with van der Waals surface area (Å²) in [6.45, 7) is 3.96. The summed E-state index contributed by atoms with van der Waals surface area (Å²) in [7, 11) is 0. The van der Waals surface area contributed by atoms with Crippen molar-refractivity contribution in [1.29, 1.82) is 0 Å². The Morgan fingerprint density at radius 2 is 1.79 bits per heavy atom. The third kappa shape index (κ3) is 2.80. The van der Waals surface area contributed by atoms with Gasteiger partial charge in [-0.25, -0.2) is 4.98 Å². The summed E-state index contributed by atoms with van der Waals surface area (Å²) in [6, 6.07) is 15.2. The molecule has 2 heterocycles. The van der Waals surface area contributed by atoms with Crippen molar-refractivity contribution in [2.45, 2.75) is 19.8 Å². The van der Waals surface area contributed by atoms with E-state index in [2.05, 4.69) is 11.9 Å². The van der Waals surface area contributed by atoms with Crippen molar-refractivity contribution in [1.82, 2.24) is 9.88 Å². The molecule has 0 unspecified atom stereocenters. The van der Waals surface area contributed by atoms with E-state index in [1.54, 1.807) is 0 Å². The number of hydrogen-bond acceptors (Lipinski definition) is 3. The molecular formula is C20H20N2O2. The number of amides is 1. The van der Waals surface area contributed by atoms with Gasteiger partial charge in [0.2, 0.25) is 5.89 Å². The number of oxazole rings is 1. The van der Waals surface area contributed by atoms with Gasteiger partial charge in [-0.3, -0.25) is 4.79 Å². The molecule has 0 atom stereocenters. The summed E-state index contributed by atoms with van der Waals surface area (Å²) in [5, 5.41) is 0. The third-order valence-electron chi connectivity index (χ3n) is 4.74. The lowest BCUT2D eigenvalue weighted by molar-refractivity contribution is 0.0697. The molecule has 3 aromatic rings. The lowest BCUT2D eigenvalue weighted by atomic mass is 9.98. The van der Waals surface area contributed by atoms with Crippen molar-refractivity contribution in [3.8, 4) is 11.5 Å². The van der Waals surface area contributed by atoms with Crippen LogP contribution in [0.15, 0.2) is 52.9 Å². The monoisotopic (exact) mass is 320 g/mol. The van der Waals surface area contributed by atoms with Gasteiger partial charge in [0.15, 0.2) is 5.58 Å². The fourth-order valence-electron chi connectivity index (χ4n) is 3.15. The Bertz CT molecular complexity index is 826. The number of rotatable bonds is 2. The Kier molecular flexibility index (Phi) is 3.81. The number of piperidine rings is 1. The molecule has 1 amide bonds. The summed E-state index contributed by atoms with van der Waals surface area (Å²) in [5.74, 6) is 1.42. The molecule has 0 spiro atoms. The number of hydrogen-bond donors (Lipinski definition) is 0. The molecule has 1 aliphatic heterocycles. The van der Waals surface area contributed by atoms with Crippen LogP contribution in [-0.4, -0.2) is 28.9 Å². The summed E-state index contributed by atoms with van der Waals surface area (Å²) in [6.07, 6.45) is 2.18. The van der Waals surface area contributed by atoms with Gasteiger partial charge in [0, 0.05) is 24.2 Å². The van der Waals surface area contributed by atoms with Gasteiger partial charge in [-0.1, -0.05) is 19.1 Å². The van der Waals surface area contributed by atoms with Gasteiger partial charge in [0.25, 0.3) is 5.91 Å². The second-order valence-electron chi connectivity index (χ2n) is 6.54. The van der Waals surface area contributed by atoms with Gasteiger partial charge in [-0.15, -0.1) is 0 Å². The molecule has 1 aliphatic rings. The van der Waals surface area contributed by atoms with Gasteiger partial charge >= 0.3 is 0 Å². The summed E-state index contributed by atoms with van der Waals surface area (Å²) < 4.78 is 5.78. The maximum Gasteiger partial charge on any atom is 0.253 e. The zero-order valence-electron chi connectivity index (χ0n) is 13.7. The van der Waals surface area contributed by atoms with Crippen LogP contribution in [0.4, 0.5) is 0 Å².